The summed E-state index contributed by atoms with van der Waals surface area (Å²) in [7, 11) is -0.731. The molecule has 0 saturated heterocycles. The molecule has 0 aliphatic heterocycles. The van der Waals surface area contributed by atoms with Crippen LogP contribution in [0.2, 0.25) is 0 Å². The van der Waals surface area contributed by atoms with E-state index in [1.165, 1.54) is 0 Å². The first-order chi connectivity index (χ1) is 6.73. The summed E-state index contributed by atoms with van der Waals surface area (Å²) in [5.74, 6) is 0. The molecule has 0 bridgehead atoms. The summed E-state index contributed by atoms with van der Waals surface area (Å²) < 4.78 is 16.2. The van der Waals surface area contributed by atoms with Gasteiger partial charge in [-0.2, -0.15) is 0 Å². The Hall–Kier alpha value is -1.09. The lowest BCUT2D eigenvalue weighted by molar-refractivity contribution is 0.682. The van der Waals surface area contributed by atoms with E-state index >= 15 is 0 Å². The third kappa shape index (κ3) is 2.45. The van der Waals surface area contributed by atoms with Crippen molar-refractivity contribution in [2.75, 3.05) is 7.05 Å². The Kier molecular flexibility index (Phi) is 3.89. The van der Waals surface area contributed by atoms with Gasteiger partial charge in [-0.15, -0.1) is 0 Å². The summed E-state index contributed by atoms with van der Waals surface area (Å²) in [6.07, 6.45) is 2.77. The van der Waals surface area contributed by atoms with Crippen molar-refractivity contribution in [1.29, 1.82) is 0 Å². The summed E-state index contributed by atoms with van der Waals surface area (Å²) >= 11 is 0. The fourth-order valence-corrected chi connectivity index (χ4v) is 2.58. The Morgan fingerprint density at radius 3 is 2.50 bits per heavy atom. The number of allylic oxidation sites excluding steroid dienone is 1. The zero-order valence-corrected chi connectivity index (χ0v) is 9.33. The van der Waals surface area contributed by atoms with Crippen LogP contribution in [0.3, 0.4) is 0 Å². The first kappa shape index (κ1) is 11.0. The van der Waals surface area contributed by atoms with Gasteiger partial charge in [0.2, 0.25) is 0 Å². The van der Waals surface area contributed by atoms with Gasteiger partial charge in [0, 0.05) is 12.5 Å². The predicted octanol–water partition coefficient (Wildman–Crippen LogP) is 3.07. The summed E-state index contributed by atoms with van der Waals surface area (Å²) in [4.78, 5) is 0.771. The smallest absolute Gasteiger partial charge is 0.0963 e. The summed E-state index contributed by atoms with van der Waals surface area (Å²) in [5, 5.41) is 1.70. The molecule has 2 nitrogen and oxygen atoms in total. The van der Waals surface area contributed by atoms with Crippen molar-refractivity contribution in [3.05, 3.63) is 41.8 Å². The predicted molar refractivity (Wildman–Crippen MR) is 60.6 cm³/mol. The zero-order chi connectivity index (χ0) is 10.4. The molecule has 1 rings (SSSR count). The molecular weight excluding hydrogens is 194 g/mol. The minimum absolute atomic E-state index is 0.771. The SMILES string of the molecule is CC/C=C/[S@](=O)(=NC)c1ccccc1. The highest BCUT2D eigenvalue weighted by Crippen LogP contribution is 2.14. The molecular formula is C11H15NOS. The van der Waals surface area contributed by atoms with E-state index in [0.717, 1.165) is 11.3 Å². The van der Waals surface area contributed by atoms with Gasteiger partial charge in [-0.1, -0.05) is 31.2 Å². The molecule has 0 spiro atoms. The molecule has 0 heterocycles. The number of hydrogen-bond donors (Lipinski definition) is 0. The van der Waals surface area contributed by atoms with Crippen molar-refractivity contribution in [1.82, 2.24) is 0 Å². The molecule has 0 amide bonds. The number of rotatable bonds is 3. The first-order valence-electron chi connectivity index (χ1n) is 4.60. The van der Waals surface area contributed by atoms with Crippen LogP contribution in [0.25, 0.3) is 0 Å². The molecule has 1 aromatic carbocycles. The van der Waals surface area contributed by atoms with Gasteiger partial charge in [0.05, 0.1) is 14.6 Å². The Balaban J connectivity index is 3.18. The highest BCUT2D eigenvalue weighted by atomic mass is 32.2. The largest absolute Gasteiger partial charge is 0.240 e. The van der Waals surface area contributed by atoms with E-state index in [0.29, 0.717) is 0 Å². The molecule has 0 fully saturated rings. The van der Waals surface area contributed by atoms with E-state index in [-0.39, 0.29) is 0 Å². The van der Waals surface area contributed by atoms with Crippen LogP contribution < -0.4 is 0 Å². The lowest BCUT2D eigenvalue weighted by Gasteiger charge is -2.03. The molecule has 3 heteroatoms. The Labute approximate surface area is 85.8 Å². The quantitative estimate of drug-likeness (QED) is 0.752. The van der Waals surface area contributed by atoms with Crippen molar-refractivity contribution in [2.45, 2.75) is 18.2 Å². The first-order valence-corrected chi connectivity index (χ1v) is 6.17. The second-order valence-corrected chi connectivity index (χ2v) is 5.09. The third-order valence-corrected chi connectivity index (χ3v) is 3.92. The van der Waals surface area contributed by atoms with Gasteiger partial charge >= 0.3 is 0 Å². The normalized spacial score (nSPS) is 15.3. The molecule has 14 heavy (non-hydrogen) atoms. The molecule has 0 unspecified atom stereocenters. The van der Waals surface area contributed by atoms with Gasteiger partial charge in [0.15, 0.2) is 0 Å². The Morgan fingerprint density at radius 2 is 2.00 bits per heavy atom. The molecule has 0 aliphatic rings. The minimum Gasteiger partial charge on any atom is -0.240 e. The van der Waals surface area contributed by atoms with Crippen molar-refractivity contribution in [3.8, 4) is 0 Å². The van der Waals surface area contributed by atoms with Crippen LogP contribution in [0.15, 0.2) is 51.1 Å². The minimum atomic E-state index is -2.32. The number of nitrogens with zero attached hydrogens (tertiary/aromatic N) is 1. The van der Waals surface area contributed by atoms with Crippen LogP contribution >= 0.6 is 0 Å². The summed E-state index contributed by atoms with van der Waals surface area (Å²) in [6.45, 7) is 2.01. The van der Waals surface area contributed by atoms with E-state index in [9.17, 15) is 4.21 Å². The molecule has 76 valence electrons. The molecule has 0 radical (unpaired) electrons. The standard InChI is InChI=1S/C11H15NOS/c1-3-4-10-14(13,12-2)11-8-6-5-7-9-11/h4-10H,3H2,1-2H3/b10-4+/t14-/m1/s1. The van der Waals surface area contributed by atoms with Crippen LogP contribution in [-0.4, -0.2) is 11.3 Å². The van der Waals surface area contributed by atoms with Crippen LogP contribution in [-0.2, 0) is 9.73 Å². The monoisotopic (exact) mass is 209 g/mol. The molecule has 0 N–H and O–H groups in total. The second kappa shape index (κ2) is 4.96. The highest BCUT2D eigenvalue weighted by Gasteiger charge is 2.05. The van der Waals surface area contributed by atoms with Gasteiger partial charge in [0.1, 0.15) is 0 Å². The van der Waals surface area contributed by atoms with E-state index in [1.54, 1.807) is 12.5 Å². The lowest BCUT2D eigenvalue weighted by atomic mass is 10.4. The van der Waals surface area contributed by atoms with Crippen molar-refractivity contribution >= 4 is 9.73 Å². The topological polar surface area (TPSA) is 29.4 Å². The maximum atomic E-state index is 12.3. The molecule has 1 atom stereocenters. The van der Waals surface area contributed by atoms with Crippen molar-refractivity contribution in [3.63, 3.8) is 0 Å². The summed E-state index contributed by atoms with van der Waals surface area (Å²) in [6, 6.07) is 9.34. The third-order valence-electron chi connectivity index (χ3n) is 1.87. The molecule has 0 saturated carbocycles. The average molecular weight is 209 g/mol. The van der Waals surface area contributed by atoms with E-state index in [4.69, 9.17) is 0 Å². The number of hydrogen-bond acceptors (Lipinski definition) is 2. The Bertz CT molecular complexity index is 414. The van der Waals surface area contributed by atoms with E-state index < -0.39 is 9.73 Å². The lowest BCUT2D eigenvalue weighted by Crippen LogP contribution is -1.95. The van der Waals surface area contributed by atoms with E-state index in [2.05, 4.69) is 4.36 Å². The van der Waals surface area contributed by atoms with Crippen LogP contribution in [0, 0.1) is 0 Å². The molecule has 0 aromatic heterocycles. The average Bonchev–Trinajstić information content (AvgIpc) is 2.27. The van der Waals surface area contributed by atoms with E-state index in [1.807, 2.05) is 43.3 Å². The maximum Gasteiger partial charge on any atom is 0.0963 e. The fraction of sp³-hybridized carbons (Fsp3) is 0.273. The van der Waals surface area contributed by atoms with Crippen LogP contribution in [0.1, 0.15) is 13.3 Å². The van der Waals surface area contributed by atoms with Gasteiger partial charge in [-0.05, 0) is 18.6 Å². The highest BCUT2D eigenvalue weighted by molar-refractivity contribution is 7.96. The number of benzene rings is 1. The van der Waals surface area contributed by atoms with Gasteiger partial charge < -0.3 is 0 Å². The maximum absolute atomic E-state index is 12.3. The van der Waals surface area contributed by atoms with Crippen molar-refractivity contribution < 1.29 is 4.21 Å². The Morgan fingerprint density at radius 1 is 1.36 bits per heavy atom. The zero-order valence-electron chi connectivity index (χ0n) is 8.51. The van der Waals surface area contributed by atoms with Crippen LogP contribution in [0.5, 0.6) is 0 Å². The van der Waals surface area contributed by atoms with Gasteiger partial charge in [0.25, 0.3) is 0 Å². The van der Waals surface area contributed by atoms with Gasteiger partial charge in [-0.25, -0.2) is 8.57 Å². The van der Waals surface area contributed by atoms with Gasteiger partial charge in [-0.3, -0.25) is 0 Å². The second-order valence-electron chi connectivity index (χ2n) is 2.84. The summed E-state index contributed by atoms with van der Waals surface area (Å²) in [5.41, 5.74) is 0. The molecule has 0 aliphatic carbocycles. The van der Waals surface area contributed by atoms with Crippen LogP contribution in [0.4, 0.5) is 0 Å². The van der Waals surface area contributed by atoms with Crippen molar-refractivity contribution in [2.24, 2.45) is 4.36 Å². The molecule has 1 aromatic rings. The fourth-order valence-electron chi connectivity index (χ4n) is 1.09.